The summed E-state index contributed by atoms with van der Waals surface area (Å²) >= 11 is 1.45. The van der Waals surface area contributed by atoms with Gasteiger partial charge in [0.15, 0.2) is 0 Å². The van der Waals surface area contributed by atoms with Crippen LogP contribution in [-0.2, 0) is 4.79 Å². The largest absolute Gasteiger partial charge is 0.440 e. The second-order valence-corrected chi connectivity index (χ2v) is 6.38. The number of hydrogen-bond acceptors (Lipinski definition) is 5. The van der Waals surface area contributed by atoms with Gasteiger partial charge in [0.2, 0.25) is 5.91 Å². The summed E-state index contributed by atoms with van der Waals surface area (Å²) in [6.07, 6.45) is 3.71. The van der Waals surface area contributed by atoms with Gasteiger partial charge in [-0.1, -0.05) is 11.8 Å². The average molecular weight is 283 g/mol. The highest BCUT2D eigenvalue weighted by Gasteiger charge is 2.50. The lowest BCUT2D eigenvalue weighted by Crippen LogP contribution is -2.61. The number of nitrogens with one attached hydrogen (secondary N) is 1. The predicted molar refractivity (Wildman–Crippen MR) is 74.9 cm³/mol. The SMILES string of the molecule is Cc1coc(SCC(NC(C)C)(C(N)=O)C2CC2)n1. The monoisotopic (exact) mass is 283 g/mol. The van der Waals surface area contributed by atoms with E-state index in [0.717, 1.165) is 18.5 Å². The van der Waals surface area contributed by atoms with E-state index in [2.05, 4.69) is 10.3 Å². The minimum absolute atomic E-state index is 0.208. The fourth-order valence-corrected chi connectivity index (χ4v) is 3.42. The minimum Gasteiger partial charge on any atom is -0.440 e. The Morgan fingerprint density at radius 3 is 2.79 bits per heavy atom. The molecule has 0 aromatic carbocycles. The first kappa shape index (κ1) is 14.4. The molecule has 5 nitrogen and oxygen atoms in total. The Hall–Kier alpha value is -1.01. The van der Waals surface area contributed by atoms with Gasteiger partial charge in [-0.3, -0.25) is 4.79 Å². The second-order valence-electron chi connectivity index (χ2n) is 5.45. The predicted octanol–water partition coefficient (Wildman–Crippen LogP) is 1.71. The van der Waals surface area contributed by atoms with Crippen LogP contribution in [0, 0.1) is 12.8 Å². The lowest BCUT2D eigenvalue weighted by atomic mass is 9.93. The Kier molecular flexibility index (Phi) is 4.20. The van der Waals surface area contributed by atoms with Crippen molar-refractivity contribution < 1.29 is 9.21 Å². The summed E-state index contributed by atoms with van der Waals surface area (Å²) in [6.45, 7) is 5.93. The third-order valence-electron chi connectivity index (χ3n) is 3.28. The zero-order valence-corrected chi connectivity index (χ0v) is 12.4. The Labute approximate surface area is 117 Å². The van der Waals surface area contributed by atoms with Crippen molar-refractivity contribution in [1.82, 2.24) is 10.3 Å². The first-order valence-electron chi connectivity index (χ1n) is 6.56. The van der Waals surface area contributed by atoms with E-state index in [-0.39, 0.29) is 11.9 Å². The van der Waals surface area contributed by atoms with Crippen LogP contribution in [0.1, 0.15) is 32.4 Å². The van der Waals surface area contributed by atoms with Gasteiger partial charge in [0, 0.05) is 11.8 Å². The van der Waals surface area contributed by atoms with Crippen LogP contribution in [0.15, 0.2) is 15.9 Å². The molecule has 1 aromatic rings. The number of carbonyl (C=O) groups is 1. The van der Waals surface area contributed by atoms with Gasteiger partial charge >= 0.3 is 0 Å². The molecule has 19 heavy (non-hydrogen) atoms. The van der Waals surface area contributed by atoms with E-state index >= 15 is 0 Å². The Balaban J connectivity index is 2.10. The minimum atomic E-state index is -0.652. The number of thioether (sulfide) groups is 1. The van der Waals surface area contributed by atoms with Crippen LogP contribution in [0.25, 0.3) is 0 Å². The van der Waals surface area contributed by atoms with E-state index in [1.165, 1.54) is 11.8 Å². The maximum atomic E-state index is 12.0. The number of nitrogens with zero attached hydrogens (tertiary/aromatic N) is 1. The van der Waals surface area contributed by atoms with Crippen LogP contribution < -0.4 is 11.1 Å². The van der Waals surface area contributed by atoms with E-state index in [4.69, 9.17) is 10.2 Å². The summed E-state index contributed by atoms with van der Waals surface area (Å²) in [5.41, 5.74) is 5.86. The van der Waals surface area contributed by atoms with E-state index in [9.17, 15) is 4.79 Å². The van der Waals surface area contributed by atoms with Gasteiger partial charge in [-0.2, -0.15) is 0 Å². The van der Waals surface area contributed by atoms with Crippen molar-refractivity contribution in [3.05, 3.63) is 12.0 Å². The molecule has 2 rings (SSSR count). The van der Waals surface area contributed by atoms with Gasteiger partial charge < -0.3 is 15.5 Å². The molecule has 0 radical (unpaired) electrons. The number of primary amides is 1. The second kappa shape index (κ2) is 5.54. The fourth-order valence-electron chi connectivity index (χ4n) is 2.29. The van der Waals surface area contributed by atoms with Crippen LogP contribution in [0.4, 0.5) is 0 Å². The Morgan fingerprint density at radius 2 is 2.37 bits per heavy atom. The van der Waals surface area contributed by atoms with E-state index in [0.29, 0.717) is 16.9 Å². The van der Waals surface area contributed by atoms with Gasteiger partial charge in [-0.15, -0.1) is 0 Å². The zero-order chi connectivity index (χ0) is 14.0. The molecular formula is C13H21N3O2S. The molecule has 0 saturated heterocycles. The number of rotatable bonds is 7. The third-order valence-corrected chi connectivity index (χ3v) is 4.32. The number of aryl methyl sites for hydroxylation is 1. The van der Waals surface area contributed by atoms with Crippen molar-refractivity contribution in [3.8, 4) is 0 Å². The quantitative estimate of drug-likeness (QED) is 0.744. The molecular weight excluding hydrogens is 262 g/mol. The average Bonchev–Trinajstić information content (AvgIpc) is 3.08. The summed E-state index contributed by atoms with van der Waals surface area (Å²) in [7, 11) is 0. The molecule has 0 spiro atoms. The molecule has 1 unspecified atom stereocenters. The topological polar surface area (TPSA) is 81.1 Å². The van der Waals surface area contributed by atoms with Crippen molar-refractivity contribution in [3.63, 3.8) is 0 Å². The summed E-state index contributed by atoms with van der Waals surface area (Å²) in [6, 6.07) is 0.208. The molecule has 0 aliphatic heterocycles. The van der Waals surface area contributed by atoms with E-state index < -0.39 is 5.54 Å². The number of amides is 1. The normalized spacial score (nSPS) is 18.5. The molecule has 1 heterocycles. The summed E-state index contributed by atoms with van der Waals surface area (Å²) in [5.74, 6) is 0.612. The molecule has 1 aliphatic rings. The van der Waals surface area contributed by atoms with Gasteiger partial charge in [0.05, 0.1) is 5.69 Å². The highest BCUT2D eigenvalue weighted by molar-refractivity contribution is 7.99. The number of carbonyl (C=O) groups excluding carboxylic acids is 1. The molecule has 1 amide bonds. The number of aromatic nitrogens is 1. The molecule has 6 heteroatoms. The summed E-state index contributed by atoms with van der Waals surface area (Å²) < 4.78 is 5.32. The van der Waals surface area contributed by atoms with E-state index in [1.807, 2.05) is 20.8 Å². The van der Waals surface area contributed by atoms with Crippen LogP contribution in [0.3, 0.4) is 0 Å². The van der Waals surface area contributed by atoms with Crippen molar-refractivity contribution in [2.45, 2.75) is 50.4 Å². The van der Waals surface area contributed by atoms with Gasteiger partial charge in [-0.05, 0) is 39.5 Å². The maximum absolute atomic E-state index is 12.0. The van der Waals surface area contributed by atoms with Crippen molar-refractivity contribution >= 4 is 17.7 Å². The lowest BCUT2D eigenvalue weighted by molar-refractivity contribution is -0.124. The van der Waals surface area contributed by atoms with Gasteiger partial charge in [0.25, 0.3) is 5.22 Å². The van der Waals surface area contributed by atoms with Crippen LogP contribution in [0.5, 0.6) is 0 Å². The maximum Gasteiger partial charge on any atom is 0.255 e. The zero-order valence-electron chi connectivity index (χ0n) is 11.6. The van der Waals surface area contributed by atoms with Crippen LogP contribution in [-0.4, -0.2) is 28.2 Å². The Bertz CT molecular complexity index is 456. The third kappa shape index (κ3) is 3.30. The van der Waals surface area contributed by atoms with Gasteiger partial charge in [-0.25, -0.2) is 4.98 Å². The fraction of sp³-hybridized carbons (Fsp3) is 0.692. The molecule has 1 saturated carbocycles. The van der Waals surface area contributed by atoms with Crippen molar-refractivity contribution in [1.29, 1.82) is 0 Å². The highest BCUT2D eigenvalue weighted by atomic mass is 32.2. The van der Waals surface area contributed by atoms with Gasteiger partial charge in [0.1, 0.15) is 11.8 Å². The highest BCUT2D eigenvalue weighted by Crippen LogP contribution is 2.42. The van der Waals surface area contributed by atoms with Crippen LogP contribution >= 0.6 is 11.8 Å². The summed E-state index contributed by atoms with van der Waals surface area (Å²) in [5, 5.41) is 3.96. The van der Waals surface area contributed by atoms with Crippen molar-refractivity contribution in [2.75, 3.05) is 5.75 Å². The summed E-state index contributed by atoms with van der Waals surface area (Å²) in [4.78, 5) is 16.2. The van der Waals surface area contributed by atoms with Crippen LogP contribution in [0.2, 0.25) is 0 Å². The van der Waals surface area contributed by atoms with E-state index in [1.54, 1.807) is 6.26 Å². The first-order valence-corrected chi connectivity index (χ1v) is 7.55. The molecule has 1 atom stereocenters. The first-order chi connectivity index (χ1) is 8.94. The number of nitrogens with two attached hydrogens (primary N) is 1. The number of hydrogen-bond donors (Lipinski definition) is 2. The molecule has 3 N–H and O–H groups in total. The Morgan fingerprint density at radius 1 is 1.68 bits per heavy atom. The van der Waals surface area contributed by atoms with Crippen molar-refractivity contribution in [2.24, 2.45) is 11.7 Å². The molecule has 0 bridgehead atoms. The molecule has 1 aromatic heterocycles. The standard InChI is InChI=1S/C13H21N3O2S/c1-8(2)16-13(11(14)17,10-4-5-10)7-19-12-15-9(3)6-18-12/h6,8,10,16H,4-5,7H2,1-3H3,(H2,14,17). The molecule has 106 valence electrons. The smallest absolute Gasteiger partial charge is 0.255 e. The lowest BCUT2D eigenvalue weighted by Gasteiger charge is -2.33. The molecule has 1 aliphatic carbocycles. The molecule has 1 fully saturated rings. The number of oxazole rings is 1.